The molecule has 0 saturated heterocycles. The van der Waals surface area contributed by atoms with Crippen molar-refractivity contribution in [1.82, 2.24) is 0 Å². The van der Waals surface area contributed by atoms with Gasteiger partial charge in [-0.05, 0) is 23.1 Å². The molecule has 3 heteroatoms. The minimum absolute atomic E-state index is 0.178. The van der Waals surface area contributed by atoms with Crippen LogP contribution in [0.25, 0.3) is 11.1 Å². The van der Waals surface area contributed by atoms with Crippen molar-refractivity contribution in [3.05, 3.63) is 45.9 Å². The van der Waals surface area contributed by atoms with E-state index in [2.05, 4.69) is 0 Å². The van der Waals surface area contributed by atoms with Gasteiger partial charge in [-0.25, -0.2) is 4.39 Å². The van der Waals surface area contributed by atoms with Gasteiger partial charge >= 0.3 is 0 Å². The summed E-state index contributed by atoms with van der Waals surface area (Å²) >= 11 is 1.37. The summed E-state index contributed by atoms with van der Waals surface area (Å²) < 4.78 is 13.4. The highest BCUT2D eigenvalue weighted by atomic mass is 32.1. The van der Waals surface area contributed by atoms with Gasteiger partial charge in [0.1, 0.15) is 5.82 Å². The lowest BCUT2D eigenvalue weighted by Crippen LogP contribution is -1.96. The molecule has 3 rings (SSSR count). The molecule has 1 aromatic carbocycles. The monoisotopic (exact) mass is 204 g/mol. The van der Waals surface area contributed by atoms with Crippen LogP contribution >= 0.6 is 11.3 Å². The first-order chi connectivity index (χ1) is 6.79. The average molecular weight is 204 g/mol. The summed E-state index contributed by atoms with van der Waals surface area (Å²) in [5, 5.41) is 1.86. The number of hydrogen-bond donors (Lipinski definition) is 0. The third-order valence-electron chi connectivity index (χ3n) is 2.40. The second kappa shape index (κ2) is 2.51. The van der Waals surface area contributed by atoms with Crippen molar-refractivity contribution in [3.8, 4) is 11.1 Å². The lowest BCUT2D eigenvalue weighted by Gasteiger charge is -1.97. The van der Waals surface area contributed by atoms with Crippen LogP contribution in [0.1, 0.15) is 15.2 Å². The number of thiophene rings is 1. The zero-order chi connectivity index (χ0) is 9.71. The van der Waals surface area contributed by atoms with E-state index in [1.807, 2.05) is 11.4 Å². The summed E-state index contributed by atoms with van der Waals surface area (Å²) in [4.78, 5) is 12.4. The van der Waals surface area contributed by atoms with Crippen LogP contribution in [0, 0.1) is 5.82 Å². The predicted octanol–water partition coefficient (Wildman–Crippen LogP) is 3.10. The van der Waals surface area contributed by atoms with Gasteiger partial charge in [-0.3, -0.25) is 4.79 Å². The smallest absolute Gasteiger partial charge is 0.207 e. The summed E-state index contributed by atoms with van der Waals surface area (Å²) in [6.07, 6.45) is 0. The predicted molar refractivity (Wildman–Crippen MR) is 53.1 cm³/mol. The quantitative estimate of drug-likeness (QED) is 0.550. The Morgan fingerprint density at radius 2 is 2.00 bits per heavy atom. The summed E-state index contributed by atoms with van der Waals surface area (Å²) in [7, 11) is 0. The van der Waals surface area contributed by atoms with E-state index in [0.717, 1.165) is 11.1 Å². The fourth-order valence-electron chi connectivity index (χ4n) is 1.79. The normalized spacial score (nSPS) is 12.8. The van der Waals surface area contributed by atoms with Crippen molar-refractivity contribution < 1.29 is 9.18 Å². The first-order valence-electron chi connectivity index (χ1n) is 4.20. The van der Waals surface area contributed by atoms with Gasteiger partial charge in [-0.2, -0.15) is 0 Å². The number of rotatable bonds is 0. The average Bonchev–Trinajstić information content (AvgIpc) is 2.71. The molecule has 0 spiro atoms. The molecule has 0 saturated carbocycles. The fraction of sp³-hybridized carbons (Fsp3) is 0. The maximum Gasteiger partial charge on any atom is 0.207 e. The molecule has 0 N–H and O–H groups in total. The van der Waals surface area contributed by atoms with E-state index in [0.29, 0.717) is 4.88 Å². The van der Waals surface area contributed by atoms with Crippen LogP contribution in [0.15, 0.2) is 29.6 Å². The van der Waals surface area contributed by atoms with Crippen LogP contribution in [-0.2, 0) is 0 Å². The van der Waals surface area contributed by atoms with Gasteiger partial charge in [-0.1, -0.05) is 12.1 Å². The van der Waals surface area contributed by atoms with Crippen LogP contribution < -0.4 is 0 Å². The van der Waals surface area contributed by atoms with Gasteiger partial charge in [0.2, 0.25) is 5.78 Å². The Balaban J connectivity index is 2.44. The topological polar surface area (TPSA) is 17.1 Å². The summed E-state index contributed by atoms with van der Waals surface area (Å²) in [6, 6.07) is 6.61. The van der Waals surface area contributed by atoms with E-state index in [9.17, 15) is 9.18 Å². The highest BCUT2D eigenvalue weighted by Crippen LogP contribution is 2.40. The minimum Gasteiger partial charge on any atom is -0.288 e. The third kappa shape index (κ3) is 0.800. The molecule has 68 valence electrons. The SMILES string of the molecule is O=C1c2sccc2-c2cccc(F)c21. The van der Waals surface area contributed by atoms with E-state index in [4.69, 9.17) is 0 Å². The molecular weight excluding hydrogens is 199 g/mol. The lowest BCUT2D eigenvalue weighted by molar-refractivity contribution is 0.104. The molecule has 0 bridgehead atoms. The maximum absolute atomic E-state index is 13.4. The zero-order valence-electron chi connectivity index (χ0n) is 7.08. The van der Waals surface area contributed by atoms with Crippen LogP contribution in [-0.4, -0.2) is 5.78 Å². The summed E-state index contributed by atoms with van der Waals surface area (Å²) in [5.74, 6) is -0.598. The number of ketones is 1. The Morgan fingerprint density at radius 1 is 1.14 bits per heavy atom. The summed E-state index contributed by atoms with van der Waals surface area (Å²) in [5.41, 5.74) is 1.83. The number of benzene rings is 1. The molecule has 0 radical (unpaired) electrons. The van der Waals surface area contributed by atoms with E-state index in [1.54, 1.807) is 12.1 Å². The molecule has 1 aromatic heterocycles. The van der Waals surface area contributed by atoms with Gasteiger partial charge in [0.25, 0.3) is 0 Å². The fourth-order valence-corrected chi connectivity index (χ4v) is 2.64. The molecule has 0 fully saturated rings. The van der Waals surface area contributed by atoms with Crippen molar-refractivity contribution in [2.45, 2.75) is 0 Å². The molecular formula is C11H5FOS. The molecule has 1 aliphatic rings. The molecule has 14 heavy (non-hydrogen) atoms. The molecule has 0 aliphatic heterocycles. The Kier molecular flexibility index (Phi) is 1.42. The second-order valence-corrected chi connectivity index (χ2v) is 4.07. The van der Waals surface area contributed by atoms with E-state index >= 15 is 0 Å². The number of fused-ring (bicyclic) bond motifs is 3. The van der Waals surface area contributed by atoms with Crippen LogP contribution in [0.4, 0.5) is 4.39 Å². The second-order valence-electron chi connectivity index (χ2n) is 3.15. The number of hydrogen-bond acceptors (Lipinski definition) is 2. The number of halogens is 1. The van der Waals surface area contributed by atoms with Crippen molar-refractivity contribution in [1.29, 1.82) is 0 Å². The van der Waals surface area contributed by atoms with Crippen LogP contribution in [0.2, 0.25) is 0 Å². The molecule has 1 aliphatic carbocycles. The largest absolute Gasteiger partial charge is 0.288 e. The van der Waals surface area contributed by atoms with E-state index in [-0.39, 0.29) is 11.3 Å². The summed E-state index contributed by atoms with van der Waals surface area (Å²) in [6.45, 7) is 0. The van der Waals surface area contributed by atoms with Crippen molar-refractivity contribution >= 4 is 17.1 Å². The highest BCUT2D eigenvalue weighted by Gasteiger charge is 2.30. The molecule has 0 amide bonds. The first-order valence-corrected chi connectivity index (χ1v) is 5.08. The molecule has 2 aromatic rings. The van der Waals surface area contributed by atoms with Gasteiger partial charge < -0.3 is 0 Å². The Labute approximate surface area is 83.8 Å². The van der Waals surface area contributed by atoms with Crippen molar-refractivity contribution in [2.24, 2.45) is 0 Å². The highest BCUT2D eigenvalue weighted by molar-refractivity contribution is 7.13. The van der Waals surface area contributed by atoms with Crippen LogP contribution in [0.3, 0.4) is 0 Å². The Morgan fingerprint density at radius 3 is 2.86 bits per heavy atom. The maximum atomic E-state index is 13.4. The number of carbonyl (C=O) groups excluding carboxylic acids is 1. The van der Waals surface area contributed by atoms with Gasteiger partial charge in [0.15, 0.2) is 0 Å². The molecule has 1 nitrogen and oxygen atoms in total. The van der Waals surface area contributed by atoms with Crippen molar-refractivity contribution in [3.63, 3.8) is 0 Å². The molecule has 1 heterocycles. The zero-order valence-corrected chi connectivity index (χ0v) is 7.90. The third-order valence-corrected chi connectivity index (χ3v) is 3.32. The van der Waals surface area contributed by atoms with Crippen LogP contribution in [0.5, 0.6) is 0 Å². The first kappa shape index (κ1) is 7.88. The molecule has 0 atom stereocenters. The van der Waals surface area contributed by atoms with E-state index < -0.39 is 5.82 Å². The van der Waals surface area contributed by atoms with Gasteiger partial charge in [0.05, 0.1) is 10.4 Å². The van der Waals surface area contributed by atoms with Crippen molar-refractivity contribution in [2.75, 3.05) is 0 Å². The van der Waals surface area contributed by atoms with Gasteiger partial charge in [0, 0.05) is 5.56 Å². The minimum atomic E-state index is -0.420. The Bertz CT molecular complexity index is 542. The number of carbonyl (C=O) groups is 1. The van der Waals surface area contributed by atoms with Gasteiger partial charge in [-0.15, -0.1) is 11.3 Å². The Hall–Kier alpha value is -1.48. The lowest BCUT2D eigenvalue weighted by atomic mass is 10.1. The standard InChI is InChI=1S/C11H5FOS/c12-8-3-1-2-6-7-4-5-14-11(7)10(13)9(6)8/h1-5H. The molecule has 0 unspecified atom stereocenters. The van der Waals surface area contributed by atoms with E-state index in [1.165, 1.54) is 17.4 Å².